The number of carbonyl (C=O) groups is 1. The lowest BCUT2D eigenvalue weighted by molar-refractivity contribution is 0.228. The number of hydrogen-bond acceptors (Lipinski definition) is 2. The summed E-state index contributed by atoms with van der Waals surface area (Å²) in [6, 6.07) is -0.466. The van der Waals surface area contributed by atoms with E-state index in [1.165, 1.54) is 0 Å². The van der Waals surface area contributed by atoms with Crippen molar-refractivity contribution in [2.24, 2.45) is 0 Å². The highest BCUT2D eigenvalue weighted by Gasteiger charge is 2.08. The van der Waals surface area contributed by atoms with Crippen LogP contribution in [0.25, 0.3) is 0 Å². The highest BCUT2D eigenvalue weighted by Crippen LogP contribution is 1.88. The third-order valence-electron chi connectivity index (χ3n) is 1.26. The zero-order valence-corrected chi connectivity index (χ0v) is 5.50. The van der Waals surface area contributed by atoms with Crippen molar-refractivity contribution < 1.29 is 9.90 Å². The molecule has 0 aromatic heterocycles. The minimum Gasteiger partial charge on any atom is -0.394 e. The highest BCUT2D eigenvalue weighted by molar-refractivity contribution is 5.75. The molecule has 56 valence electrons. The first-order valence-electron chi connectivity index (χ1n) is 3.15. The molecule has 0 aromatic carbocycles. The molecule has 1 aliphatic heterocycles. The fourth-order valence-electron chi connectivity index (χ4n) is 0.758. The van der Waals surface area contributed by atoms with Gasteiger partial charge in [-0.1, -0.05) is 12.2 Å². The summed E-state index contributed by atoms with van der Waals surface area (Å²) in [5.74, 6) is 0. The van der Waals surface area contributed by atoms with Crippen molar-refractivity contribution in [2.75, 3.05) is 13.2 Å². The topological polar surface area (TPSA) is 61.4 Å². The zero-order valence-electron chi connectivity index (χ0n) is 5.50. The average Bonchev–Trinajstić information content (AvgIpc) is 2.13. The van der Waals surface area contributed by atoms with E-state index in [0.29, 0.717) is 6.54 Å². The summed E-state index contributed by atoms with van der Waals surface area (Å²) in [6.07, 6.45) is 3.57. The third-order valence-corrected chi connectivity index (χ3v) is 1.26. The molecular weight excluding hydrogens is 132 g/mol. The summed E-state index contributed by atoms with van der Waals surface area (Å²) in [6.45, 7) is 0.478. The zero-order chi connectivity index (χ0) is 7.40. The van der Waals surface area contributed by atoms with Gasteiger partial charge >= 0.3 is 6.03 Å². The Morgan fingerprint density at radius 1 is 1.80 bits per heavy atom. The SMILES string of the molecule is O=C1NCC=C[C@@H](CO)N1. The number of amides is 2. The first kappa shape index (κ1) is 7.08. The molecule has 1 atom stereocenters. The molecule has 4 heteroatoms. The van der Waals surface area contributed by atoms with Crippen LogP contribution < -0.4 is 10.6 Å². The summed E-state index contributed by atoms with van der Waals surface area (Å²) in [5.41, 5.74) is 0. The molecule has 0 saturated heterocycles. The Hall–Kier alpha value is -1.03. The predicted molar refractivity (Wildman–Crippen MR) is 36.5 cm³/mol. The second-order valence-electron chi connectivity index (χ2n) is 2.07. The molecule has 0 aromatic rings. The maximum absolute atomic E-state index is 10.7. The van der Waals surface area contributed by atoms with E-state index in [-0.39, 0.29) is 18.7 Å². The van der Waals surface area contributed by atoms with Crippen LogP contribution in [0.5, 0.6) is 0 Å². The molecule has 0 saturated carbocycles. The lowest BCUT2D eigenvalue weighted by atomic mass is 10.3. The second kappa shape index (κ2) is 3.22. The molecule has 10 heavy (non-hydrogen) atoms. The Morgan fingerprint density at radius 2 is 2.60 bits per heavy atom. The largest absolute Gasteiger partial charge is 0.394 e. The fraction of sp³-hybridized carbons (Fsp3) is 0.500. The standard InChI is InChI=1S/C6H10N2O2/c9-4-5-2-1-3-7-6(10)8-5/h1-2,5,9H,3-4H2,(H2,7,8,10)/t5-/m0/s1. The molecule has 0 radical (unpaired) electrons. The molecular formula is C6H10N2O2. The number of hydrogen-bond donors (Lipinski definition) is 3. The molecule has 2 amide bonds. The Morgan fingerprint density at radius 3 is 3.30 bits per heavy atom. The van der Waals surface area contributed by atoms with Gasteiger partial charge in [-0.05, 0) is 0 Å². The van der Waals surface area contributed by atoms with Crippen molar-refractivity contribution in [1.29, 1.82) is 0 Å². The third kappa shape index (κ3) is 1.73. The first-order valence-corrected chi connectivity index (χ1v) is 3.15. The number of urea groups is 1. The number of carbonyl (C=O) groups excluding carboxylic acids is 1. The van der Waals surface area contributed by atoms with Gasteiger partial charge in [-0.25, -0.2) is 4.79 Å². The normalized spacial score (nSPS) is 24.9. The van der Waals surface area contributed by atoms with Crippen molar-refractivity contribution in [2.45, 2.75) is 6.04 Å². The quantitative estimate of drug-likeness (QED) is 0.420. The van der Waals surface area contributed by atoms with Gasteiger partial charge in [0, 0.05) is 6.54 Å². The smallest absolute Gasteiger partial charge is 0.315 e. The molecule has 3 N–H and O–H groups in total. The van der Waals surface area contributed by atoms with Crippen LogP contribution in [-0.2, 0) is 0 Å². The Labute approximate surface area is 58.9 Å². The summed E-state index contributed by atoms with van der Waals surface area (Å²) >= 11 is 0. The van der Waals surface area contributed by atoms with Crippen LogP contribution in [0.1, 0.15) is 0 Å². The van der Waals surface area contributed by atoms with Gasteiger partial charge in [0.05, 0.1) is 12.6 Å². The van der Waals surface area contributed by atoms with Crippen LogP contribution >= 0.6 is 0 Å². The Balaban J connectivity index is 2.49. The highest BCUT2D eigenvalue weighted by atomic mass is 16.3. The molecule has 0 spiro atoms. The van der Waals surface area contributed by atoms with Crippen LogP contribution in [0.4, 0.5) is 4.79 Å². The summed E-state index contributed by atoms with van der Waals surface area (Å²) in [7, 11) is 0. The molecule has 1 rings (SSSR count). The summed E-state index contributed by atoms with van der Waals surface area (Å²) < 4.78 is 0. The first-order chi connectivity index (χ1) is 4.83. The average molecular weight is 142 g/mol. The van der Waals surface area contributed by atoms with Crippen LogP contribution in [0.15, 0.2) is 12.2 Å². The van der Waals surface area contributed by atoms with Crippen molar-refractivity contribution in [3.63, 3.8) is 0 Å². The minimum absolute atomic E-state index is 0.0517. The van der Waals surface area contributed by atoms with Crippen molar-refractivity contribution in [3.05, 3.63) is 12.2 Å². The van der Waals surface area contributed by atoms with Gasteiger partial charge in [0.2, 0.25) is 0 Å². The number of rotatable bonds is 1. The van der Waals surface area contributed by atoms with Crippen molar-refractivity contribution in [3.8, 4) is 0 Å². The molecule has 1 heterocycles. The maximum atomic E-state index is 10.7. The van der Waals surface area contributed by atoms with E-state index in [1.54, 1.807) is 12.2 Å². The van der Waals surface area contributed by atoms with Gasteiger partial charge in [0.1, 0.15) is 0 Å². The van der Waals surface area contributed by atoms with E-state index in [4.69, 9.17) is 5.11 Å². The number of nitrogens with one attached hydrogen (secondary N) is 2. The van der Waals surface area contributed by atoms with Gasteiger partial charge in [0.15, 0.2) is 0 Å². The fourth-order valence-corrected chi connectivity index (χ4v) is 0.758. The lowest BCUT2D eigenvalue weighted by Crippen LogP contribution is -2.40. The summed E-state index contributed by atoms with van der Waals surface area (Å²) in [5, 5.41) is 13.7. The van der Waals surface area contributed by atoms with Crippen molar-refractivity contribution >= 4 is 6.03 Å². The molecule has 0 bridgehead atoms. The van der Waals surface area contributed by atoms with Gasteiger partial charge in [0.25, 0.3) is 0 Å². The summed E-state index contributed by atoms with van der Waals surface area (Å²) in [4.78, 5) is 10.7. The maximum Gasteiger partial charge on any atom is 0.315 e. The van der Waals surface area contributed by atoms with Crippen molar-refractivity contribution in [1.82, 2.24) is 10.6 Å². The van der Waals surface area contributed by atoms with Crippen LogP contribution in [-0.4, -0.2) is 30.3 Å². The number of aliphatic hydroxyl groups is 1. The van der Waals surface area contributed by atoms with E-state index >= 15 is 0 Å². The van der Waals surface area contributed by atoms with Gasteiger partial charge in [-0.3, -0.25) is 0 Å². The predicted octanol–water partition coefficient (Wildman–Crippen LogP) is -0.784. The molecule has 0 fully saturated rings. The Bertz CT molecular complexity index is 156. The molecule has 4 nitrogen and oxygen atoms in total. The van der Waals surface area contributed by atoms with Crippen LogP contribution in [0, 0.1) is 0 Å². The monoisotopic (exact) mass is 142 g/mol. The van der Waals surface area contributed by atoms with Gasteiger partial charge in [-0.2, -0.15) is 0 Å². The molecule has 1 aliphatic rings. The van der Waals surface area contributed by atoms with Gasteiger partial charge < -0.3 is 15.7 Å². The second-order valence-corrected chi connectivity index (χ2v) is 2.07. The van der Waals surface area contributed by atoms with E-state index in [1.807, 2.05) is 0 Å². The van der Waals surface area contributed by atoms with E-state index in [2.05, 4.69) is 10.6 Å². The Kier molecular flexibility index (Phi) is 2.28. The number of aliphatic hydroxyl groups excluding tert-OH is 1. The molecule has 0 aliphatic carbocycles. The molecule has 0 unspecified atom stereocenters. The minimum atomic E-state index is -0.234. The van der Waals surface area contributed by atoms with E-state index < -0.39 is 0 Å². The van der Waals surface area contributed by atoms with E-state index in [0.717, 1.165) is 0 Å². The lowest BCUT2D eigenvalue weighted by Gasteiger charge is -2.08. The van der Waals surface area contributed by atoms with Crippen LogP contribution in [0.3, 0.4) is 0 Å². The van der Waals surface area contributed by atoms with Crippen LogP contribution in [0.2, 0.25) is 0 Å². The van der Waals surface area contributed by atoms with E-state index in [9.17, 15) is 4.79 Å². The van der Waals surface area contributed by atoms with Gasteiger partial charge in [-0.15, -0.1) is 0 Å².